The molecule has 1 aliphatic carbocycles. The van der Waals surface area contributed by atoms with E-state index in [4.69, 9.17) is 10.9 Å². The van der Waals surface area contributed by atoms with E-state index in [-0.39, 0.29) is 58.7 Å². The van der Waals surface area contributed by atoms with Crippen molar-refractivity contribution >= 4 is 27.6 Å². The zero-order valence-electron chi connectivity index (χ0n) is 24.3. The normalized spacial score (nSPS) is 14.4. The molecule has 13 heteroatoms. The summed E-state index contributed by atoms with van der Waals surface area (Å²) in [5.41, 5.74) is 5.23. The Morgan fingerprint density at radius 3 is 2.23 bits per heavy atom. The Bertz CT molecular complexity index is 1640. The van der Waals surface area contributed by atoms with Gasteiger partial charge in [-0.25, -0.2) is 13.6 Å². The van der Waals surface area contributed by atoms with Gasteiger partial charge in [-0.2, -0.15) is 13.2 Å². The molecule has 9 nitrogen and oxygen atoms in total. The number of primary sulfonamides is 1. The molecule has 4 N–H and O–H groups in total. The van der Waals surface area contributed by atoms with E-state index < -0.39 is 40.0 Å². The standard InChI is InChI=1S/C31H35F3N4O5S/c1-20-25(30(35)41)16-27(38(20)18-23-9-5-6-10-26(23)31(32,33)34)28(39)19-37(29(40)15-21-7-3-2-4-8-21)17-22-11-13-24(14-12-22)44(36,42)43/h5-6,9-14,16,21H,2-4,7-8,15,17-19H2,1H3,(H2,35,41)(H2,36,42,43). The number of halogens is 3. The van der Waals surface area contributed by atoms with Gasteiger partial charge in [0.1, 0.15) is 0 Å². The highest BCUT2D eigenvalue weighted by Gasteiger charge is 2.34. The fourth-order valence-electron chi connectivity index (χ4n) is 5.69. The fourth-order valence-corrected chi connectivity index (χ4v) is 6.21. The Morgan fingerprint density at radius 1 is 1.00 bits per heavy atom. The van der Waals surface area contributed by atoms with E-state index in [9.17, 15) is 36.0 Å². The number of primary amides is 1. The number of carbonyl (C=O) groups excluding carboxylic acids is 3. The van der Waals surface area contributed by atoms with Crippen molar-refractivity contribution in [2.75, 3.05) is 6.54 Å². The van der Waals surface area contributed by atoms with Crippen LogP contribution < -0.4 is 10.9 Å². The lowest BCUT2D eigenvalue weighted by molar-refractivity contribution is -0.138. The molecule has 1 saturated carbocycles. The van der Waals surface area contributed by atoms with Crippen molar-refractivity contribution < 1.29 is 36.0 Å². The first-order valence-electron chi connectivity index (χ1n) is 14.2. The number of rotatable bonds is 11. The van der Waals surface area contributed by atoms with Crippen molar-refractivity contribution in [2.45, 2.75) is 69.6 Å². The zero-order valence-corrected chi connectivity index (χ0v) is 25.1. The van der Waals surface area contributed by atoms with E-state index in [0.717, 1.165) is 38.2 Å². The maximum atomic E-state index is 13.8. The molecule has 0 radical (unpaired) electrons. The number of benzene rings is 2. The molecule has 4 rings (SSSR count). The van der Waals surface area contributed by atoms with Crippen LogP contribution in [0.15, 0.2) is 59.5 Å². The average molecular weight is 633 g/mol. The quantitative estimate of drug-likeness (QED) is 0.292. The van der Waals surface area contributed by atoms with E-state index in [1.54, 1.807) is 0 Å². The number of Topliss-reactive ketones (excluding diaryl/α,β-unsaturated/α-hetero) is 1. The highest BCUT2D eigenvalue weighted by molar-refractivity contribution is 7.89. The van der Waals surface area contributed by atoms with E-state index in [0.29, 0.717) is 5.56 Å². The Hall–Kier alpha value is -3.97. The first-order valence-corrected chi connectivity index (χ1v) is 15.8. The lowest BCUT2D eigenvalue weighted by Gasteiger charge is -2.27. The third-order valence-electron chi connectivity index (χ3n) is 8.07. The van der Waals surface area contributed by atoms with Crippen LogP contribution in [0, 0.1) is 12.8 Å². The highest BCUT2D eigenvalue weighted by Crippen LogP contribution is 2.33. The second-order valence-corrected chi connectivity index (χ2v) is 12.8. The molecule has 2 aromatic carbocycles. The second-order valence-electron chi connectivity index (χ2n) is 11.2. The topological polar surface area (TPSA) is 146 Å². The summed E-state index contributed by atoms with van der Waals surface area (Å²) in [5, 5.41) is 5.19. The Labute approximate surface area is 254 Å². The van der Waals surface area contributed by atoms with Gasteiger partial charge in [0.25, 0.3) is 5.91 Å². The van der Waals surface area contributed by atoms with E-state index in [2.05, 4.69) is 0 Å². The number of hydrogen-bond acceptors (Lipinski definition) is 5. The van der Waals surface area contributed by atoms with Crippen molar-refractivity contribution in [3.8, 4) is 0 Å². The summed E-state index contributed by atoms with van der Waals surface area (Å²) in [6.45, 7) is 0.680. The minimum atomic E-state index is -4.64. The number of hydrogen-bond donors (Lipinski definition) is 2. The first-order chi connectivity index (χ1) is 20.6. The number of carbonyl (C=O) groups is 3. The number of ketones is 1. The van der Waals surface area contributed by atoms with Crippen LogP contribution in [-0.2, 0) is 34.1 Å². The van der Waals surface area contributed by atoms with Crippen LogP contribution >= 0.6 is 0 Å². The van der Waals surface area contributed by atoms with Crippen molar-refractivity contribution in [1.82, 2.24) is 9.47 Å². The number of nitrogens with zero attached hydrogens (tertiary/aromatic N) is 2. The SMILES string of the molecule is Cc1c(C(N)=O)cc(C(=O)CN(Cc2ccc(S(N)(=O)=O)cc2)C(=O)CC2CCCCC2)n1Cc1ccccc1C(F)(F)F. The number of nitrogens with two attached hydrogens (primary N) is 2. The summed E-state index contributed by atoms with van der Waals surface area (Å²) >= 11 is 0. The molecule has 0 atom stereocenters. The predicted octanol–water partition coefficient (Wildman–Crippen LogP) is 4.79. The van der Waals surface area contributed by atoms with E-state index >= 15 is 0 Å². The van der Waals surface area contributed by atoms with Crippen LogP contribution in [0.4, 0.5) is 13.2 Å². The third kappa shape index (κ3) is 7.94. The van der Waals surface area contributed by atoms with Gasteiger partial charge in [0.05, 0.1) is 28.3 Å². The molecule has 44 heavy (non-hydrogen) atoms. The fraction of sp³-hybridized carbons (Fsp3) is 0.387. The molecule has 0 aliphatic heterocycles. The maximum Gasteiger partial charge on any atom is 0.416 e. The Morgan fingerprint density at radius 2 is 1.64 bits per heavy atom. The van der Waals surface area contributed by atoms with Crippen LogP contribution in [0.1, 0.15) is 81.8 Å². The average Bonchev–Trinajstić information content (AvgIpc) is 3.28. The van der Waals surface area contributed by atoms with Crippen LogP contribution in [-0.4, -0.2) is 42.0 Å². The number of alkyl halides is 3. The second kappa shape index (κ2) is 13.3. The molecular weight excluding hydrogens is 597 g/mol. The van der Waals surface area contributed by atoms with Crippen molar-refractivity contribution in [3.63, 3.8) is 0 Å². The van der Waals surface area contributed by atoms with Gasteiger partial charge in [-0.3, -0.25) is 14.4 Å². The molecule has 0 spiro atoms. The summed E-state index contributed by atoms with van der Waals surface area (Å²) in [6, 6.07) is 11.8. The summed E-state index contributed by atoms with van der Waals surface area (Å²) in [4.78, 5) is 40.8. The molecule has 1 aliphatic rings. The van der Waals surface area contributed by atoms with Crippen molar-refractivity contribution in [1.29, 1.82) is 0 Å². The van der Waals surface area contributed by atoms with Gasteiger partial charge >= 0.3 is 6.18 Å². The molecular formula is C31H35F3N4O5S. The van der Waals surface area contributed by atoms with E-state index in [1.807, 2.05) is 0 Å². The number of sulfonamides is 1. The molecule has 1 fully saturated rings. The molecule has 0 bridgehead atoms. The smallest absolute Gasteiger partial charge is 0.366 e. The van der Waals surface area contributed by atoms with Gasteiger partial charge in [-0.1, -0.05) is 49.6 Å². The monoisotopic (exact) mass is 632 g/mol. The largest absolute Gasteiger partial charge is 0.416 e. The lowest BCUT2D eigenvalue weighted by atomic mass is 9.86. The van der Waals surface area contributed by atoms with Crippen LogP contribution in [0.5, 0.6) is 0 Å². The Balaban J connectivity index is 1.67. The van der Waals surface area contributed by atoms with Crippen molar-refractivity contribution in [3.05, 3.63) is 88.2 Å². The van der Waals surface area contributed by atoms with Gasteiger partial charge in [-0.15, -0.1) is 0 Å². The van der Waals surface area contributed by atoms with Gasteiger partial charge in [0, 0.05) is 25.2 Å². The first kappa shape index (κ1) is 32.9. The minimum Gasteiger partial charge on any atom is -0.366 e. The van der Waals surface area contributed by atoms with Gasteiger partial charge < -0.3 is 15.2 Å². The Kier molecular flexibility index (Phi) is 9.99. The molecule has 1 heterocycles. The van der Waals surface area contributed by atoms with Crippen LogP contribution in [0.2, 0.25) is 0 Å². The summed E-state index contributed by atoms with van der Waals surface area (Å²) in [5.74, 6) is -1.57. The molecule has 1 aromatic heterocycles. The molecule has 0 unspecified atom stereocenters. The molecule has 0 saturated heterocycles. The van der Waals surface area contributed by atoms with Gasteiger partial charge in [0.2, 0.25) is 15.9 Å². The third-order valence-corrected chi connectivity index (χ3v) is 9.00. The van der Waals surface area contributed by atoms with Crippen LogP contribution in [0.3, 0.4) is 0 Å². The highest BCUT2D eigenvalue weighted by atomic mass is 32.2. The summed E-state index contributed by atoms with van der Waals surface area (Å²) < 4.78 is 66.0. The molecule has 3 aromatic rings. The molecule has 236 valence electrons. The predicted molar refractivity (Wildman–Crippen MR) is 157 cm³/mol. The van der Waals surface area contributed by atoms with Gasteiger partial charge in [0.15, 0.2) is 5.78 Å². The lowest BCUT2D eigenvalue weighted by Crippen LogP contribution is -2.37. The van der Waals surface area contributed by atoms with Crippen molar-refractivity contribution in [2.24, 2.45) is 16.8 Å². The summed E-state index contributed by atoms with van der Waals surface area (Å²) in [6.07, 6.45) is 0.462. The van der Waals surface area contributed by atoms with Gasteiger partial charge in [-0.05, 0) is 61.1 Å². The van der Waals surface area contributed by atoms with Crippen LogP contribution in [0.25, 0.3) is 0 Å². The molecule has 2 amide bonds. The number of amides is 2. The maximum absolute atomic E-state index is 13.8. The summed E-state index contributed by atoms with van der Waals surface area (Å²) in [7, 11) is -3.94. The number of aromatic nitrogens is 1. The minimum absolute atomic E-state index is 0.0171. The zero-order chi connectivity index (χ0) is 32.2. The van der Waals surface area contributed by atoms with E-state index in [1.165, 1.54) is 64.9 Å².